The number of ether oxygens (including phenoxy) is 1. The van der Waals surface area contributed by atoms with Crippen molar-refractivity contribution in [3.05, 3.63) is 60.2 Å². The van der Waals surface area contributed by atoms with E-state index in [2.05, 4.69) is 5.32 Å². The molecule has 0 heterocycles. The molecule has 7 heteroatoms. The van der Waals surface area contributed by atoms with Crippen LogP contribution in [-0.4, -0.2) is 40.6 Å². The summed E-state index contributed by atoms with van der Waals surface area (Å²) in [4.78, 5) is 12.5. The molecule has 0 aliphatic rings. The Balaban J connectivity index is 2.36. The highest BCUT2D eigenvalue weighted by Gasteiger charge is 2.27. The number of carbonyl (C=O) groups is 1. The molecule has 0 aliphatic carbocycles. The Morgan fingerprint density at radius 3 is 2.46 bits per heavy atom. The minimum absolute atomic E-state index is 0.138. The second-order valence-electron chi connectivity index (χ2n) is 6.09. The van der Waals surface area contributed by atoms with Gasteiger partial charge in [-0.2, -0.15) is 0 Å². The standard InChI is InChI=1S/C19H24N2O4S/c1-15-8-7-9-17(12-15)21(13-19(22)20-16(2)14-25-3)26(23,24)18-10-5-4-6-11-18/h4-12,16H,13-14H2,1-3H3,(H,20,22)/t16-/m0/s1. The Morgan fingerprint density at radius 1 is 1.15 bits per heavy atom. The summed E-state index contributed by atoms with van der Waals surface area (Å²) in [6.45, 7) is 3.71. The average Bonchev–Trinajstić information content (AvgIpc) is 2.60. The van der Waals surface area contributed by atoms with Gasteiger partial charge in [0.1, 0.15) is 6.54 Å². The van der Waals surface area contributed by atoms with Gasteiger partial charge in [-0.1, -0.05) is 30.3 Å². The van der Waals surface area contributed by atoms with Crippen molar-refractivity contribution in [3.63, 3.8) is 0 Å². The van der Waals surface area contributed by atoms with Crippen LogP contribution in [-0.2, 0) is 19.6 Å². The molecule has 0 spiro atoms. The molecule has 1 amide bonds. The van der Waals surface area contributed by atoms with E-state index in [4.69, 9.17) is 4.74 Å². The first-order valence-corrected chi connectivity index (χ1v) is 9.71. The first-order chi connectivity index (χ1) is 12.3. The van der Waals surface area contributed by atoms with E-state index in [0.29, 0.717) is 12.3 Å². The molecule has 0 radical (unpaired) electrons. The molecule has 140 valence electrons. The number of aryl methyl sites for hydroxylation is 1. The summed E-state index contributed by atoms with van der Waals surface area (Å²) < 4.78 is 32.4. The maximum Gasteiger partial charge on any atom is 0.264 e. The molecule has 2 aromatic carbocycles. The van der Waals surface area contributed by atoms with Gasteiger partial charge in [-0.3, -0.25) is 9.10 Å². The Bertz CT molecular complexity index is 838. The van der Waals surface area contributed by atoms with Crippen LogP contribution >= 0.6 is 0 Å². The van der Waals surface area contributed by atoms with Crippen LogP contribution in [0.4, 0.5) is 5.69 Å². The predicted molar refractivity (Wildman–Crippen MR) is 102 cm³/mol. The number of nitrogens with one attached hydrogen (secondary N) is 1. The van der Waals surface area contributed by atoms with Gasteiger partial charge in [0, 0.05) is 13.2 Å². The van der Waals surface area contributed by atoms with Gasteiger partial charge in [0.25, 0.3) is 10.0 Å². The van der Waals surface area contributed by atoms with Crippen molar-refractivity contribution in [1.82, 2.24) is 5.32 Å². The van der Waals surface area contributed by atoms with Crippen LogP contribution in [0.15, 0.2) is 59.5 Å². The first kappa shape index (κ1) is 19.9. The quantitative estimate of drug-likeness (QED) is 0.767. The summed E-state index contributed by atoms with van der Waals surface area (Å²) in [7, 11) is -2.33. The second-order valence-corrected chi connectivity index (χ2v) is 7.95. The fourth-order valence-electron chi connectivity index (χ4n) is 2.56. The first-order valence-electron chi connectivity index (χ1n) is 8.27. The van der Waals surface area contributed by atoms with Gasteiger partial charge in [-0.25, -0.2) is 8.42 Å². The number of nitrogens with zero attached hydrogens (tertiary/aromatic N) is 1. The molecule has 1 N–H and O–H groups in total. The van der Waals surface area contributed by atoms with Crippen molar-refractivity contribution in [3.8, 4) is 0 Å². The van der Waals surface area contributed by atoms with Gasteiger partial charge in [0.05, 0.1) is 17.2 Å². The topological polar surface area (TPSA) is 75.7 Å². The molecule has 0 fully saturated rings. The summed E-state index contributed by atoms with van der Waals surface area (Å²) in [6, 6.07) is 14.9. The van der Waals surface area contributed by atoms with Crippen LogP contribution in [0.5, 0.6) is 0 Å². The molecule has 0 saturated carbocycles. The lowest BCUT2D eigenvalue weighted by atomic mass is 10.2. The number of methoxy groups -OCH3 is 1. The third-order valence-corrected chi connectivity index (χ3v) is 5.52. The maximum absolute atomic E-state index is 13.1. The average molecular weight is 376 g/mol. The largest absolute Gasteiger partial charge is 0.383 e. The maximum atomic E-state index is 13.1. The van der Waals surface area contributed by atoms with Gasteiger partial charge in [0.2, 0.25) is 5.91 Å². The van der Waals surface area contributed by atoms with E-state index in [1.807, 2.05) is 13.0 Å². The fourth-order valence-corrected chi connectivity index (χ4v) is 3.99. The van der Waals surface area contributed by atoms with Crippen molar-refractivity contribution in [2.24, 2.45) is 0 Å². The van der Waals surface area contributed by atoms with E-state index in [9.17, 15) is 13.2 Å². The number of sulfonamides is 1. The molecule has 0 bridgehead atoms. The molecule has 1 atom stereocenters. The highest BCUT2D eigenvalue weighted by Crippen LogP contribution is 2.24. The lowest BCUT2D eigenvalue weighted by Gasteiger charge is -2.25. The Labute approximate surface area is 154 Å². The molecule has 0 aromatic heterocycles. The van der Waals surface area contributed by atoms with Gasteiger partial charge >= 0.3 is 0 Å². The minimum atomic E-state index is -3.87. The Hall–Kier alpha value is -2.38. The summed E-state index contributed by atoms with van der Waals surface area (Å²) in [6.07, 6.45) is 0. The molecule has 2 aromatic rings. The number of benzene rings is 2. The van der Waals surface area contributed by atoms with E-state index in [1.54, 1.807) is 50.4 Å². The molecular weight excluding hydrogens is 352 g/mol. The van der Waals surface area contributed by atoms with Crippen LogP contribution in [0.25, 0.3) is 0 Å². The Kier molecular flexibility index (Phi) is 6.76. The zero-order valence-corrected chi connectivity index (χ0v) is 16.0. The van der Waals surface area contributed by atoms with Crippen LogP contribution in [0.2, 0.25) is 0 Å². The summed E-state index contributed by atoms with van der Waals surface area (Å²) in [5, 5.41) is 2.75. The third-order valence-electron chi connectivity index (χ3n) is 3.73. The lowest BCUT2D eigenvalue weighted by Crippen LogP contribution is -2.44. The molecule has 0 unspecified atom stereocenters. The smallest absolute Gasteiger partial charge is 0.264 e. The molecule has 0 aliphatic heterocycles. The van der Waals surface area contributed by atoms with E-state index >= 15 is 0 Å². The number of hydrogen-bond acceptors (Lipinski definition) is 4. The number of rotatable bonds is 8. The van der Waals surface area contributed by atoms with Crippen molar-refractivity contribution in [2.75, 3.05) is 24.6 Å². The second kappa shape index (κ2) is 8.82. The van der Waals surface area contributed by atoms with Gasteiger partial charge in [-0.15, -0.1) is 0 Å². The highest BCUT2D eigenvalue weighted by atomic mass is 32.2. The summed E-state index contributed by atoms with van der Waals surface area (Å²) in [5.41, 5.74) is 1.35. The fraction of sp³-hybridized carbons (Fsp3) is 0.316. The normalized spacial score (nSPS) is 12.4. The zero-order chi connectivity index (χ0) is 19.2. The SMILES string of the molecule is COC[C@H](C)NC(=O)CN(c1cccc(C)c1)S(=O)(=O)c1ccccc1. The number of hydrogen-bond donors (Lipinski definition) is 1. The number of carbonyl (C=O) groups excluding carboxylic acids is 1. The zero-order valence-electron chi connectivity index (χ0n) is 15.2. The van der Waals surface area contributed by atoms with Crippen LogP contribution in [0.3, 0.4) is 0 Å². The molecule has 6 nitrogen and oxygen atoms in total. The summed E-state index contributed by atoms with van der Waals surface area (Å²) in [5.74, 6) is -0.393. The monoisotopic (exact) mass is 376 g/mol. The molecule has 0 saturated heterocycles. The van der Waals surface area contributed by atoms with Crippen LogP contribution in [0, 0.1) is 6.92 Å². The molecule has 2 rings (SSSR count). The van der Waals surface area contributed by atoms with Crippen molar-refractivity contribution >= 4 is 21.6 Å². The minimum Gasteiger partial charge on any atom is -0.383 e. The van der Waals surface area contributed by atoms with Gasteiger partial charge in [0.15, 0.2) is 0 Å². The van der Waals surface area contributed by atoms with Crippen molar-refractivity contribution in [1.29, 1.82) is 0 Å². The van der Waals surface area contributed by atoms with Crippen LogP contribution in [0.1, 0.15) is 12.5 Å². The van der Waals surface area contributed by atoms with Gasteiger partial charge in [-0.05, 0) is 43.7 Å². The lowest BCUT2D eigenvalue weighted by molar-refractivity contribution is -0.120. The summed E-state index contributed by atoms with van der Waals surface area (Å²) >= 11 is 0. The van der Waals surface area contributed by atoms with E-state index in [-0.39, 0.29) is 17.5 Å². The van der Waals surface area contributed by atoms with E-state index in [1.165, 1.54) is 12.1 Å². The van der Waals surface area contributed by atoms with E-state index < -0.39 is 15.9 Å². The van der Waals surface area contributed by atoms with Crippen LogP contribution < -0.4 is 9.62 Å². The Morgan fingerprint density at radius 2 is 1.85 bits per heavy atom. The van der Waals surface area contributed by atoms with Gasteiger partial charge < -0.3 is 10.1 Å². The highest BCUT2D eigenvalue weighted by molar-refractivity contribution is 7.92. The molecule has 26 heavy (non-hydrogen) atoms. The molecular formula is C19H24N2O4S. The predicted octanol–water partition coefficient (Wildman–Crippen LogP) is 2.34. The third kappa shape index (κ3) is 5.06. The number of anilines is 1. The van der Waals surface area contributed by atoms with E-state index in [0.717, 1.165) is 9.87 Å². The van der Waals surface area contributed by atoms with Crippen molar-refractivity contribution in [2.45, 2.75) is 24.8 Å². The van der Waals surface area contributed by atoms with Crippen molar-refractivity contribution < 1.29 is 17.9 Å². The number of amides is 1.